The van der Waals surface area contributed by atoms with Crippen molar-refractivity contribution in [3.05, 3.63) is 35.8 Å². The summed E-state index contributed by atoms with van der Waals surface area (Å²) < 4.78 is 24.4. The molecule has 0 saturated heterocycles. The van der Waals surface area contributed by atoms with Crippen molar-refractivity contribution in [1.29, 1.82) is 0 Å². The molecule has 10 nitrogen and oxygen atoms in total. The lowest BCUT2D eigenvalue weighted by molar-refractivity contribution is -0.126. The van der Waals surface area contributed by atoms with Crippen LogP contribution in [0.2, 0.25) is 0 Å². The third-order valence-corrected chi connectivity index (χ3v) is 6.65. The Kier molecular flexibility index (Phi) is 8.67. The molecule has 1 atom stereocenters. The molecule has 2 fully saturated rings. The molecule has 2 amide bonds. The van der Waals surface area contributed by atoms with Crippen molar-refractivity contribution in [2.75, 3.05) is 24.8 Å². The maximum absolute atomic E-state index is 14.1. The van der Waals surface area contributed by atoms with Gasteiger partial charge >= 0.3 is 6.09 Å². The number of nitrogens with zero attached hydrogens (tertiary/aromatic N) is 3. The van der Waals surface area contributed by atoms with Crippen molar-refractivity contribution < 1.29 is 23.5 Å². The van der Waals surface area contributed by atoms with Gasteiger partial charge in [0.15, 0.2) is 11.6 Å². The first-order valence-electron chi connectivity index (χ1n) is 13.4. The number of amides is 2. The number of ether oxygens (including phenoxy) is 2. The quantitative estimate of drug-likeness (QED) is 0.412. The van der Waals surface area contributed by atoms with Crippen molar-refractivity contribution in [1.82, 2.24) is 20.2 Å². The van der Waals surface area contributed by atoms with E-state index in [-0.39, 0.29) is 23.6 Å². The molecule has 3 N–H and O–H groups in total. The van der Waals surface area contributed by atoms with Crippen molar-refractivity contribution >= 4 is 29.5 Å². The Morgan fingerprint density at radius 2 is 1.93 bits per heavy atom. The predicted octanol–water partition coefficient (Wildman–Crippen LogP) is 4.44. The van der Waals surface area contributed by atoms with Crippen LogP contribution in [0, 0.1) is 23.6 Å². The Bertz CT molecular complexity index is 1310. The summed E-state index contributed by atoms with van der Waals surface area (Å²) in [7, 11) is 2.97. The van der Waals surface area contributed by atoms with E-state index in [0.29, 0.717) is 29.1 Å². The molecule has 2 aliphatic rings. The Hall–Kier alpha value is -4.07. The molecule has 1 aromatic carbocycles. The van der Waals surface area contributed by atoms with Crippen LogP contribution in [0.15, 0.2) is 24.4 Å². The van der Waals surface area contributed by atoms with Gasteiger partial charge in [0.1, 0.15) is 17.5 Å². The minimum Gasteiger partial charge on any atom is -0.494 e. The SMILES string of the molecule is COc1ccc(Nc2ncc(C#C[C@H]3C[C@@H](NC(=O)[C@H](C)N(C)C(=O)OC(C)(C)C)C3)c(NC3CC3)n2)cc1F. The first-order valence-corrected chi connectivity index (χ1v) is 13.4. The Balaban J connectivity index is 1.33. The van der Waals surface area contributed by atoms with E-state index < -0.39 is 23.6 Å². The number of carbonyl (C=O) groups is 2. The van der Waals surface area contributed by atoms with Crippen LogP contribution < -0.4 is 20.7 Å². The van der Waals surface area contributed by atoms with Gasteiger partial charge in [-0.05, 0) is 65.5 Å². The molecule has 40 heavy (non-hydrogen) atoms. The van der Waals surface area contributed by atoms with E-state index in [9.17, 15) is 14.0 Å². The summed E-state index contributed by atoms with van der Waals surface area (Å²) in [5.41, 5.74) is 0.551. The normalized spacial score (nSPS) is 18.8. The van der Waals surface area contributed by atoms with Crippen molar-refractivity contribution in [3.8, 4) is 17.6 Å². The zero-order valence-corrected chi connectivity index (χ0v) is 23.8. The number of hydrogen-bond donors (Lipinski definition) is 3. The van der Waals surface area contributed by atoms with Gasteiger partial charge in [-0.25, -0.2) is 14.2 Å². The lowest BCUT2D eigenvalue weighted by atomic mass is 9.80. The summed E-state index contributed by atoms with van der Waals surface area (Å²) in [5.74, 6) is 6.99. The number of benzene rings is 1. The van der Waals surface area contributed by atoms with Crippen LogP contribution in [-0.2, 0) is 9.53 Å². The minimum atomic E-state index is -0.658. The fourth-order valence-corrected chi connectivity index (χ4v) is 3.96. The van der Waals surface area contributed by atoms with Gasteiger partial charge in [0.2, 0.25) is 11.9 Å². The standard InChI is InChI=1S/C29H37FN6O4/c1-17(36(5)28(38)40-29(2,3)4)26(37)33-22-13-18(14-22)7-8-19-16-31-27(35-25(19)32-20-9-10-20)34-21-11-12-24(39-6)23(30)15-21/h11-12,15-18,20,22H,9-10,13-14H2,1-6H3,(H,33,37)(H2,31,32,34,35)/t17-,18-,22+/m0/s1. The second-order valence-electron chi connectivity index (χ2n) is 11.3. The van der Waals surface area contributed by atoms with Crippen molar-refractivity contribution in [3.63, 3.8) is 0 Å². The Morgan fingerprint density at radius 3 is 2.55 bits per heavy atom. The molecule has 4 rings (SSSR count). The summed E-state index contributed by atoms with van der Waals surface area (Å²) in [6, 6.07) is 4.24. The average molecular weight is 553 g/mol. The number of methoxy groups -OCH3 is 1. The number of likely N-dealkylation sites (N-methyl/N-ethyl adjacent to an activating group) is 1. The maximum Gasteiger partial charge on any atom is 0.410 e. The first-order chi connectivity index (χ1) is 18.9. The molecular weight excluding hydrogens is 515 g/mol. The van der Waals surface area contributed by atoms with Crippen LogP contribution >= 0.6 is 0 Å². The molecule has 0 radical (unpaired) electrons. The molecule has 0 aliphatic heterocycles. The van der Waals surface area contributed by atoms with Gasteiger partial charge in [0.25, 0.3) is 0 Å². The van der Waals surface area contributed by atoms with Crippen LogP contribution in [-0.4, -0.2) is 64.8 Å². The van der Waals surface area contributed by atoms with Crippen LogP contribution in [0.5, 0.6) is 5.75 Å². The van der Waals surface area contributed by atoms with Crippen LogP contribution in [0.1, 0.15) is 58.9 Å². The first kappa shape index (κ1) is 28.9. The number of halogens is 1. The van der Waals surface area contributed by atoms with Gasteiger partial charge in [-0.1, -0.05) is 11.8 Å². The monoisotopic (exact) mass is 552 g/mol. The summed E-state index contributed by atoms with van der Waals surface area (Å²) in [6.07, 6.45) is 4.68. The third-order valence-electron chi connectivity index (χ3n) is 6.65. The lowest BCUT2D eigenvalue weighted by Crippen LogP contribution is -2.52. The van der Waals surface area contributed by atoms with E-state index in [1.165, 1.54) is 24.1 Å². The molecule has 214 valence electrons. The largest absolute Gasteiger partial charge is 0.494 e. The molecule has 0 unspecified atom stereocenters. The summed E-state index contributed by atoms with van der Waals surface area (Å²) in [6.45, 7) is 7.03. The highest BCUT2D eigenvalue weighted by molar-refractivity contribution is 5.85. The molecule has 1 aromatic heterocycles. The van der Waals surface area contributed by atoms with E-state index in [1.54, 1.807) is 47.0 Å². The Labute approximate surface area is 234 Å². The number of carbonyl (C=O) groups excluding carboxylic acids is 2. The highest BCUT2D eigenvalue weighted by Crippen LogP contribution is 2.29. The highest BCUT2D eigenvalue weighted by Gasteiger charge is 2.33. The number of aromatic nitrogens is 2. The van der Waals surface area contributed by atoms with Gasteiger partial charge in [-0.2, -0.15) is 4.98 Å². The number of nitrogens with one attached hydrogen (secondary N) is 3. The van der Waals surface area contributed by atoms with Gasteiger partial charge in [-0.15, -0.1) is 0 Å². The molecular formula is C29H37FN6O4. The topological polar surface area (TPSA) is 118 Å². The fraction of sp³-hybridized carbons (Fsp3) is 0.517. The smallest absolute Gasteiger partial charge is 0.410 e. The summed E-state index contributed by atoms with van der Waals surface area (Å²) >= 11 is 0. The number of rotatable bonds is 8. The van der Waals surface area contributed by atoms with Crippen LogP contribution in [0.3, 0.4) is 0 Å². The zero-order valence-electron chi connectivity index (χ0n) is 23.8. The number of anilines is 3. The van der Waals surface area contributed by atoms with Crippen LogP contribution in [0.4, 0.5) is 26.6 Å². The zero-order chi connectivity index (χ0) is 29.0. The molecule has 1 heterocycles. The highest BCUT2D eigenvalue weighted by atomic mass is 19.1. The predicted molar refractivity (Wildman–Crippen MR) is 150 cm³/mol. The van der Waals surface area contributed by atoms with E-state index in [1.807, 2.05) is 0 Å². The fourth-order valence-electron chi connectivity index (χ4n) is 3.96. The average Bonchev–Trinajstić information content (AvgIpc) is 3.68. The van der Waals surface area contributed by atoms with E-state index in [0.717, 1.165) is 25.7 Å². The molecule has 0 spiro atoms. The van der Waals surface area contributed by atoms with E-state index in [2.05, 4.69) is 37.8 Å². The number of hydrogen-bond acceptors (Lipinski definition) is 8. The summed E-state index contributed by atoms with van der Waals surface area (Å²) in [4.78, 5) is 35.2. The van der Waals surface area contributed by atoms with Crippen molar-refractivity contribution in [2.45, 2.75) is 77.1 Å². The lowest BCUT2D eigenvalue weighted by Gasteiger charge is -2.34. The second-order valence-corrected chi connectivity index (χ2v) is 11.3. The Morgan fingerprint density at radius 1 is 1.20 bits per heavy atom. The van der Waals surface area contributed by atoms with Gasteiger partial charge < -0.3 is 25.4 Å². The third kappa shape index (κ3) is 7.74. The molecule has 2 saturated carbocycles. The second kappa shape index (κ2) is 12.0. The minimum absolute atomic E-state index is 0.00179. The van der Waals surface area contributed by atoms with Crippen LogP contribution in [0.25, 0.3) is 0 Å². The summed E-state index contributed by atoms with van der Waals surface area (Å²) in [5, 5.41) is 9.41. The van der Waals surface area contributed by atoms with Crippen molar-refractivity contribution in [2.24, 2.45) is 5.92 Å². The molecule has 2 aromatic rings. The maximum atomic E-state index is 14.1. The molecule has 2 aliphatic carbocycles. The van der Waals surface area contributed by atoms with Gasteiger partial charge in [0, 0.05) is 36.8 Å². The van der Waals surface area contributed by atoms with E-state index >= 15 is 0 Å². The molecule has 0 bridgehead atoms. The van der Waals surface area contributed by atoms with Gasteiger partial charge in [-0.3, -0.25) is 9.69 Å². The van der Waals surface area contributed by atoms with E-state index in [4.69, 9.17) is 9.47 Å². The molecule has 11 heteroatoms. The van der Waals surface area contributed by atoms with Gasteiger partial charge in [0.05, 0.1) is 18.9 Å².